The Bertz CT molecular complexity index is 1450. The van der Waals surface area contributed by atoms with Crippen LogP contribution in [0, 0.1) is 0 Å². The molecule has 2 N–H and O–H groups in total. The first-order chi connectivity index (χ1) is 16.1. The molecule has 1 aliphatic heterocycles. The molecule has 33 heavy (non-hydrogen) atoms. The standard InChI is InChI=1S/C22H21ClN10/c1-31-6-8-32(9-7-31)20-10-14(4-5-24-20)28-22-27-12-16-15(11-26-21(16)29-22)17-2-3-19-25-13-18(23)33(19)30-17/h2-5,10-13H,6-9H2,1H3,(H2,24,26,27,28,29). The Morgan fingerprint density at radius 3 is 2.79 bits per heavy atom. The number of rotatable bonds is 4. The van der Waals surface area contributed by atoms with Gasteiger partial charge >= 0.3 is 0 Å². The van der Waals surface area contributed by atoms with E-state index in [2.05, 4.69) is 52.2 Å². The topological polar surface area (TPSA) is 103 Å². The van der Waals surface area contributed by atoms with Crippen molar-refractivity contribution >= 4 is 45.7 Å². The zero-order chi connectivity index (χ0) is 22.4. The first-order valence-electron chi connectivity index (χ1n) is 10.7. The lowest BCUT2D eigenvalue weighted by Gasteiger charge is -2.33. The summed E-state index contributed by atoms with van der Waals surface area (Å²) in [5.41, 5.74) is 3.95. The highest BCUT2D eigenvalue weighted by Crippen LogP contribution is 2.28. The number of aromatic amines is 1. The lowest BCUT2D eigenvalue weighted by molar-refractivity contribution is 0.312. The number of aromatic nitrogens is 7. The second-order valence-electron chi connectivity index (χ2n) is 8.05. The Balaban J connectivity index is 1.26. The van der Waals surface area contributed by atoms with Gasteiger partial charge in [0.2, 0.25) is 5.95 Å². The Kier molecular flexibility index (Phi) is 4.81. The van der Waals surface area contributed by atoms with E-state index >= 15 is 0 Å². The van der Waals surface area contributed by atoms with Gasteiger partial charge in [-0.3, -0.25) is 0 Å². The third-order valence-electron chi connectivity index (χ3n) is 5.86. The van der Waals surface area contributed by atoms with Crippen LogP contribution >= 0.6 is 11.6 Å². The monoisotopic (exact) mass is 460 g/mol. The zero-order valence-corrected chi connectivity index (χ0v) is 18.7. The molecule has 6 rings (SSSR count). The van der Waals surface area contributed by atoms with E-state index in [0.717, 1.165) is 60.0 Å². The summed E-state index contributed by atoms with van der Waals surface area (Å²) in [6.07, 6.45) is 7.06. The SMILES string of the molecule is CN1CCN(c2cc(Nc3ncc4c(-c5ccc6ncc(Cl)n6n5)c[nH]c4n3)ccn2)CC1. The van der Waals surface area contributed by atoms with E-state index in [1.165, 1.54) is 0 Å². The number of hydrogen-bond acceptors (Lipinski definition) is 8. The summed E-state index contributed by atoms with van der Waals surface area (Å²) in [5.74, 6) is 1.46. The van der Waals surface area contributed by atoms with Crippen LogP contribution in [0.5, 0.6) is 0 Å². The number of imidazole rings is 1. The van der Waals surface area contributed by atoms with Crippen LogP contribution in [0.25, 0.3) is 27.9 Å². The first-order valence-corrected chi connectivity index (χ1v) is 11.0. The van der Waals surface area contributed by atoms with E-state index in [4.69, 9.17) is 11.6 Å². The summed E-state index contributed by atoms with van der Waals surface area (Å²) in [6.45, 7) is 3.99. The second-order valence-corrected chi connectivity index (χ2v) is 8.43. The number of nitrogens with zero attached hydrogens (tertiary/aromatic N) is 8. The fourth-order valence-electron chi connectivity index (χ4n) is 4.00. The van der Waals surface area contributed by atoms with Crippen molar-refractivity contribution in [3.8, 4) is 11.3 Å². The maximum Gasteiger partial charge on any atom is 0.229 e. The fraction of sp³-hybridized carbons (Fsp3) is 0.227. The molecule has 0 saturated carbocycles. The third-order valence-corrected chi connectivity index (χ3v) is 6.12. The van der Waals surface area contributed by atoms with Gasteiger partial charge in [0.25, 0.3) is 0 Å². The minimum atomic E-state index is 0.461. The molecule has 6 heterocycles. The predicted molar refractivity (Wildman–Crippen MR) is 128 cm³/mol. The van der Waals surface area contributed by atoms with Crippen molar-refractivity contribution in [3.63, 3.8) is 0 Å². The molecule has 0 aromatic carbocycles. The van der Waals surface area contributed by atoms with Crippen molar-refractivity contribution in [1.82, 2.24) is 39.4 Å². The molecule has 0 amide bonds. The van der Waals surface area contributed by atoms with Crippen molar-refractivity contribution in [1.29, 1.82) is 0 Å². The maximum absolute atomic E-state index is 6.18. The minimum Gasteiger partial charge on any atom is -0.354 e. The number of halogens is 1. The van der Waals surface area contributed by atoms with Gasteiger partial charge in [-0.2, -0.15) is 10.1 Å². The highest BCUT2D eigenvalue weighted by atomic mass is 35.5. The summed E-state index contributed by atoms with van der Waals surface area (Å²) in [6, 6.07) is 7.74. The van der Waals surface area contributed by atoms with E-state index in [1.54, 1.807) is 16.9 Å². The Morgan fingerprint density at radius 2 is 1.91 bits per heavy atom. The number of hydrogen-bond donors (Lipinski definition) is 2. The van der Waals surface area contributed by atoms with Crippen LogP contribution in [-0.2, 0) is 0 Å². The molecule has 11 heteroatoms. The van der Waals surface area contributed by atoms with Gasteiger partial charge in [-0.05, 0) is 25.2 Å². The number of piperazine rings is 1. The molecule has 0 bridgehead atoms. The molecule has 0 radical (unpaired) electrons. The maximum atomic E-state index is 6.18. The molecule has 1 aliphatic rings. The molecule has 0 atom stereocenters. The van der Waals surface area contributed by atoms with Crippen LogP contribution in [0.1, 0.15) is 0 Å². The normalized spacial score (nSPS) is 14.9. The van der Waals surface area contributed by atoms with Crippen molar-refractivity contribution in [3.05, 3.63) is 54.2 Å². The van der Waals surface area contributed by atoms with Gasteiger partial charge in [-0.25, -0.2) is 19.5 Å². The summed E-state index contributed by atoms with van der Waals surface area (Å²) in [4.78, 5) is 25.8. The molecule has 0 aliphatic carbocycles. The van der Waals surface area contributed by atoms with Gasteiger partial charge in [0.15, 0.2) is 10.8 Å². The minimum absolute atomic E-state index is 0.461. The average Bonchev–Trinajstić information content (AvgIpc) is 3.43. The van der Waals surface area contributed by atoms with Crippen molar-refractivity contribution in [2.45, 2.75) is 0 Å². The van der Waals surface area contributed by atoms with Crippen LogP contribution < -0.4 is 10.2 Å². The summed E-state index contributed by atoms with van der Waals surface area (Å²) in [7, 11) is 2.14. The van der Waals surface area contributed by atoms with Crippen molar-refractivity contribution < 1.29 is 0 Å². The van der Waals surface area contributed by atoms with Gasteiger partial charge in [-0.15, -0.1) is 0 Å². The molecule has 10 nitrogen and oxygen atoms in total. The summed E-state index contributed by atoms with van der Waals surface area (Å²) < 4.78 is 1.61. The van der Waals surface area contributed by atoms with E-state index in [1.807, 2.05) is 36.7 Å². The summed E-state index contributed by atoms with van der Waals surface area (Å²) in [5, 5.41) is 9.22. The van der Waals surface area contributed by atoms with Crippen molar-refractivity contribution in [2.75, 3.05) is 43.4 Å². The highest BCUT2D eigenvalue weighted by molar-refractivity contribution is 6.29. The number of anilines is 3. The average molecular weight is 461 g/mol. The number of likely N-dealkylation sites (N-methyl/N-ethyl adjacent to an activating group) is 1. The quantitative estimate of drug-likeness (QED) is 0.421. The predicted octanol–water partition coefficient (Wildman–Crippen LogP) is 3.21. The Labute approximate surface area is 194 Å². The summed E-state index contributed by atoms with van der Waals surface area (Å²) >= 11 is 6.18. The van der Waals surface area contributed by atoms with Gasteiger partial charge in [0, 0.05) is 67.5 Å². The number of pyridine rings is 1. The van der Waals surface area contributed by atoms with Gasteiger partial charge in [0.1, 0.15) is 11.5 Å². The highest BCUT2D eigenvalue weighted by Gasteiger charge is 2.16. The van der Waals surface area contributed by atoms with Gasteiger partial charge < -0.3 is 20.1 Å². The van der Waals surface area contributed by atoms with E-state index in [-0.39, 0.29) is 0 Å². The Morgan fingerprint density at radius 1 is 1.03 bits per heavy atom. The fourth-order valence-corrected chi connectivity index (χ4v) is 4.18. The largest absolute Gasteiger partial charge is 0.354 e. The molecule has 5 aromatic heterocycles. The Hall–Kier alpha value is -3.76. The van der Waals surface area contributed by atoms with E-state index in [9.17, 15) is 0 Å². The second kappa shape index (κ2) is 7.98. The zero-order valence-electron chi connectivity index (χ0n) is 17.9. The van der Waals surface area contributed by atoms with Crippen LogP contribution in [0.3, 0.4) is 0 Å². The molecule has 166 valence electrons. The van der Waals surface area contributed by atoms with Crippen LogP contribution in [0.4, 0.5) is 17.5 Å². The lowest BCUT2D eigenvalue weighted by Crippen LogP contribution is -2.44. The van der Waals surface area contributed by atoms with Crippen LogP contribution in [0.15, 0.2) is 49.1 Å². The molecule has 5 aromatic rings. The molecule has 1 fully saturated rings. The number of nitrogens with one attached hydrogen (secondary N) is 2. The van der Waals surface area contributed by atoms with Gasteiger partial charge in [0.05, 0.1) is 11.9 Å². The molecule has 0 unspecified atom stereocenters. The van der Waals surface area contributed by atoms with E-state index in [0.29, 0.717) is 16.7 Å². The first kappa shape index (κ1) is 19.9. The molecular formula is C22H21ClN10. The van der Waals surface area contributed by atoms with Gasteiger partial charge in [-0.1, -0.05) is 11.6 Å². The third kappa shape index (κ3) is 3.73. The number of fused-ring (bicyclic) bond motifs is 2. The van der Waals surface area contributed by atoms with Crippen molar-refractivity contribution in [2.24, 2.45) is 0 Å². The van der Waals surface area contributed by atoms with Crippen LogP contribution in [-0.4, -0.2) is 72.7 Å². The van der Waals surface area contributed by atoms with E-state index < -0.39 is 0 Å². The molecular weight excluding hydrogens is 440 g/mol. The smallest absolute Gasteiger partial charge is 0.229 e. The lowest BCUT2D eigenvalue weighted by atomic mass is 10.2. The van der Waals surface area contributed by atoms with Crippen LogP contribution in [0.2, 0.25) is 5.15 Å². The molecule has 0 spiro atoms. The number of H-pyrrole nitrogens is 1. The molecule has 1 saturated heterocycles.